The number of primary amides is 1. The summed E-state index contributed by atoms with van der Waals surface area (Å²) >= 11 is 0. The zero-order valence-corrected chi connectivity index (χ0v) is 10.7. The molecule has 0 radical (unpaired) electrons. The van der Waals surface area contributed by atoms with Gasteiger partial charge in [-0.2, -0.15) is 13.2 Å². The maximum absolute atomic E-state index is 12.6. The van der Waals surface area contributed by atoms with Gasteiger partial charge in [0.05, 0.1) is 23.4 Å². The molecule has 1 fully saturated rings. The Labute approximate surface area is 113 Å². The lowest BCUT2D eigenvalue weighted by atomic mass is 9.96. The molecule has 110 valence electrons. The van der Waals surface area contributed by atoms with Crippen molar-refractivity contribution in [3.8, 4) is 0 Å². The maximum Gasteiger partial charge on any atom is 0.391 e. The van der Waals surface area contributed by atoms with E-state index in [4.69, 9.17) is 11.5 Å². The number of carbonyl (C=O) groups excluding carboxylic acids is 1. The second-order valence-corrected chi connectivity index (χ2v) is 4.81. The van der Waals surface area contributed by atoms with Crippen LogP contribution in [-0.4, -0.2) is 30.2 Å². The van der Waals surface area contributed by atoms with E-state index in [9.17, 15) is 18.0 Å². The van der Waals surface area contributed by atoms with Crippen molar-refractivity contribution < 1.29 is 18.0 Å². The number of aromatic nitrogens is 1. The SMILES string of the molecule is NC(=O)c1cc(N)cnc1N1CCC(C(F)(F)F)CC1. The average molecular weight is 288 g/mol. The fourth-order valence-corrected chi connectivity index (χ4v) is 2.33. The van der Waals surface area contributed by atoms with Gasteiger partial charge in [0.15, 0.2) is 0 Å². The fourth-order valence-electron chi connectivity index (χ4n) is 2.33. The first-order valence-electron chi connectivity index (χ1n) is 6.16. The number of hydrogen-bond donors (Lipinski definition) is 2. The summed E-state index contributed by atoms with van der Waals surface area (Å²) in [6.45, 7) is 0.364. The molecule has 0 unspecified atom stereocenters. The van der Waals surface area contributed by atoms with Gasteiger partial charge in [0.1, 0.15) is 5.82 Å². The summed E-state index contributed by atoms with van der Waals surface area (Å²) in [5.74, 6) is -1.70. The highest BCUT2D eigenvalue weighted by Gasteiger charge is 2.41. The van der Waals surface area contributed by atoms with E-state index in [0.29, 0.717) is 5.82 Å². The molecule has 2 heterocycles. The van der Waals surface area contributed by atoms with E-state index in [1.54, 1.807) is 4.90 Å². The molecular weight excluding hydrogens is 273 g/mol. The lowest BCUT2D eigenvalue weighted by molar-refractivity contribution is -0.179. The van der Waals surface area contributed by atoms with Crippen molar-refractivity contribution in [1.29, 1.82) is 0 Å². The van der Waals surface area contributed by atoms with Crippen LogP contribution in [0.1, 0.15) is 23.2 Å². The molecule has 1 aromatic heterocycles. The van der Waals surface area contributed by atoms with Gasteiger partial charge < -0.3 is 16.4 Å². The van der Waals surface area contributed by atoms with Crippen LogP contribution in [0.15, 0.2) is 12.3 Å². The first-order valence-corrected chi connectivity index (χ1v) is 6.16. The number of nitrogens with zero attached hydrogens (tertiary/aromatic N) is 2. The number of alkyl halides is 3. The third-order valence-corrected chi connectivity index (χ3v) is 3.41. The molecule has 1 aliphatic heterocycles. The molecule has 0 aliphatic carbocycles. The molecule has 8 heteroatoms. The summed E-state index contributed by atoms with van der Waals surface area (Å²) in [5.41, 5.74) is 11.2. The van der Waals surface area contributed by atoms with Gasteiger partial charge in [-0.25, -0.2) is 4.98 Å². The van der Waals surface area contributed by atoms with E-state index in [0.717, 1.165) is 0 Å². The minimum Gasteiger partial charge on any atom is -0.397 e. The van der Waals surface area contributed by atoms with Crippen LogP contribution in [-0.2, 0) is 0 Å². The van der Waals surface area contributed by atoms with Gasteiger partial charge in [-0.1, -0.05) is 0 Å². The van der Waals surface area contributed by atoms with Crippen LogP contribution in [0.3, 0.4) is 0 Å². The van der Waals surface area contributed by atoms with Crippen LogP contribution in [0.25, 0.3) is 0 Å². The standard InChI is InChI=1S/C12H15F3N4O/c13-12(14,15)7-1-3-19(4-2-7)11-9(10(17)20)5-8(16)6-18-11/h5-7H,1-4,16H2,(H2,17,20). The van der Waals surface area contributed by atoms with Crippen LogP contribution >= 0.6 is 0 Å². The van der Waals surface area contributed by atoms with Gasteiger partial charge in [-0.15, -0.1) is 0 Å². The van der Waals surface area contributed by atoms with Crippen molar-refractivity contribution in [1.82, 2.24) is 4.98 Å². The van der Waals surface area contributed by atoms with Crippen LogP contribution < -0.4 is 16.4 Å². The van der Waals surface area contributed by atoms with E-state index < -0.39 is 18.0 Å². The van der Waals surface area contributed by atoms with Gasteiger partial charge in [0.25, 0.3) is 5.91 Å². The Hall–Kier alpha value is -1.99. The Morgan fingerprint density at radius 3 is 2.45 bits per heavy atom. The number of amides is 1. The maximum atomic E-state index is 12.6. The third-order valence-electron chi connectivity index (χ3n) is 3.41. The summed E-state index contributed by atoms with van der Waals surface area (Å²) in [6, 6.07) is 1.39. The monoisotopic (exact) mass is 288 g/mol. The Morgan fingerprint density at radius 1 is 1.35 bits per heavy atom. The molecular formula is C12H15F3N4O. The summed E-state index contributed by atoms with van der Waals surface area (Å²) in [4.78, 5) is 17.0. The topological polar surface area (TPSA) is 85.2 Å². The van der Waals surface area contributed by atoms with Gasteiger partial charge in [0, 0.05) is 13.1 Å². The zero-order chi connectivity index (χ0) is 14.9. The highest BCUT2D eigenvalue weighted by atomic mass is 19.4. The molecule has 20 heavy (non-hydrogen) atoms. The lowest BCUT2D eigenvalue weighted by Crippen LogP contribution is -2.40. The lowest BCUT2D eigenvalue weighted by Gasteiger charge is -2.34. The van der Waals surface area contributed by atoms with Crippen molar-refractivity contribution >= 4 is 17.4 Å². The smallest absolute Gasteiger partial charge is 0.391 e. The first-order chi connectivity index (χ1) is 9.29. The Balaban J connectivity index is 2.17. The molecule has 1 saturated heterocycles. The molecule has 1 aromatic rings. The van der Waals surface area contributed by atoms with E-state index in [1.165, 1.54) is 12.3 Å². The van der Waals surface area contributed by atoms with Gasteiger partial charge >= 0.3 is 6.18 Å². The number of nitrogen functional groups attached to an aromatic ring is 1. The normalized spacial score (nSPS) is 17.2. The minimum atomic E-state index is -4.17. The molecule has 0 bridgehead atoms. The van der Waals surface area contributed by atoms with E-state index in [-0.39, 0.29) is 37.2 Å². The number of piperidine rings is 1. The summed E-state index contributed by atoms with van der Waals surface area (Å²) in [7, 11) is 0. The third kappa shape index (κ3) is 2.94. The fraction of sp³-hybridized carbons (Fsp3) is 0.500. The molecule has 4 N–H and O–H groups in total. The van der Waals surface area contributed by atoms with Crippen LogP contribution in [0.5, 0.6) is 0 Å². The minimum absolute atomic E-state index is 0.0201. The summed E-state index contributed by atoms with van der Waals surface area (Å²) in [5, 5.41) is 0. The summed E-state index contributed by atoms with van der Waals surface area (Å²) < 4.78 is 37.8. The van der Waals surface area contributed by atoms with E-state index >= 15 is 0 Å². The van der Waals surface area contributed by atoms with Crippen LogP contribution in [0.2, 0.25) is 0 Å². The average Bonchev–Trinajstić information content (AvgIpc) is 2.37. The molecule has 1 aliphatic rings. The van der Waals surface area contributed by atoms with Crippen LogP contribution in [0, 0.1) is 5.92 Å². The number of carbonyl (C=O) groups is 1. The molecule has 5 nitrogen and oxygen atoms in total. The van der Waals surface area contributed by atoms with Crippen molar-refractivity contribution in [2.75, 3.05) is 23.7 Å². The predicted molar refractivity (Wildman–Crippen MR) is 68.2 cm³/mol. The molecule has 0 spiro atoms. The van der Waals surface area contributed by atoms with Crippen molar-refractivity contribution in [3.05, 3.63) is 17.8 Å². The second kappa shape index (κ2) is 5.18. The largest absolute Gasteiger partial charge is 0.397 e. The van der Waals surface area contributed by atoms with Crippen molar-refractivity contribution in [3.63, 3.8) is 0 Å². The van der Waals surface area contributed by atoms with Crippen LogP contribution in [0.4, 0.5) is 24.7 Å². The number of anilines is 2. The molecule has 1 amide bonds. The second-order valence-electron chi connectivity index (χ2n) is 4.81. The number of hydrogen-bond acceptors (Lipinski definition) is 4. The number of halogens is 3. The van der Waals surface area contributed by atoms with Crippen molar-refractivity contribution in [2.45, 2.75) is 19.0 Å². The quantitative estimate of drug-likeness (QED) is 0.864. The Morgan fingerprint density at radius 2 is 1.95 bits per heavy atom. The zero-order valence-electron chi connectivity index (χ0n) is 10.7. The Bertz CT molecular complexity index is 510. The van der Waals surface area contributed by atoms with Gasteiger partial charge in [-0.3, -0.25) is 4.79 Å². The molecule has 0 atom stereocenters. The first kappa shape index (κ1) is 14.4. The predicted octanol–water partition coefficient (Wildman–Crippen LogP) is 1.54. The number of pyridine rings is 1. The number of nitrogens with two attached hydrogens (primary N) is 2. The Kier molecular flexibility index (Phi) is 3.74. The van der Waals surface area contributed by atoms with Gasteiger partial charge in [-0.05, 0) is 18.9 Å². The van der Waals surface area contributed by atoms with E-state index in [2.05, 4.69) is 4.98 Å². The summed E-state index contributed by atoms with van der Waals surface area (Å²) in [6.07, 6.45) is -2.85. The van der Waals surface area contributed by atoms with Gasteiger partial charge in [0.2, 0.25) is 0 Å². The van der Waals surface area contributed by atoms with Crippen molar-refractivity contribution in [2.24, 2.45) is 11.7 Å². The number of rotatable bonds is 2. The van der Waals surface area contributed by atoms with E-state index in [1.807, 2.05) is 0 Å². The highest BCUT2D eigenvalue weighted by molar-refractivity contribution is 5.98. The molecule has 2 rings (SSSR count). The highest BCUT2D eigenvalue weighted by Crippen LogP contribution is 2.35. The molecule has 0 aromatic carbocycles. The molecule has 0 saturated carbocycles.